The van der Waals surface area contributed by atoms with Crippen LogP contribution in [0.5, 0.6) is 0 Å². The van der Waals surface area contributed by atoms with Gasteiger partial charge in [0.25, 0.3) is 5.91 Å². The van der Waals surface area contributed by atoms with Crippen molar-refractivity contribution in [3.05, 3.63) is 47.0 Å². The minimum Gasteiger partial charge on any atom is -0.370 e. The molecule has 4 rings (SSSR count). The molecule has 1 atom stereocenters. The van der Waals surface area contributed by atoms with E-state index in [-0.39, 0.29) is 18.3 Å². The summed E-state index contributed by atoms with van der Waals surface area (Å²) in [6.45, 7) is 7.30. The Morgan fingerprint density at radius 2 is 2.23 bits per heavy atom. The zero-order chi connectivity index (χ0) is 20.4. The van der Waals surface area contributed by atoms with Gasteiger partial charge in [0, 0.05) is 43.9 Å². The molecule has 0 saturated carbocycles. The molecule has 1 aliphatic heterocycles. The van der Waals surface area contributed by atoms with E-state index in [4.69, 9.17) is 0 Å². The first kappa shape index (κ1) is 22.5. The summed E-state index contributed by atoms with van der Waals surface area (Å²) in [6.07, 6.45) is 7.97. The summed E-state index contributed by atoms with van der Waals surface area (Å²) in [7, 11) is 0. The first-order valence-electron chi connectivity index (χ1n) is 9.88. The molecule has 1 aliphatic rings. The Hall–Kier alpha value is -2.16. The van der Waals surface area contributed by atoms with Gasteiger partial charge in [0.1, 0.15) is 5.65 Å². The number of nitrogens with one attached hydrogen (secondary N) is 3. The number of H-pyrrole nitrogens is 1. The molecule has 3 aromatic heterocycles. The Morgan fingerprint density at radius 1 is 1.40 bits per heavy atom. The number of hydrogen-bond acceptors (Lipinski definition) is 5. The number of aromatic nitrogens is 3. The third-order valence-electron chi connectivity index (χ3n) is 5.22. The lowest BCUT2D eigenvalue weighted by molar-refractivity contribution is 0.102. The number of hydrogen-bond donors (Lipinski definition) is 3. The maximum atomic E-state index is 12.7. The molecule has 0 aromatic carbocycles. The summed E-state index contributed by atoms with van der Waals surface area (Å²) < 4.78 is 0.930. The molecule has 0 bridgehead atoms. The molecule has 4 heterocycles. The molecule has 160 valence electrons. The number of amides is 1. The molecular formula is C21H26BrClN6O. The Bertz CT molecular complexity index is 1010. The van der Waals surface area contributed by atoms with Crippen molar-refractivity contribution in [2.24, 2.45) is 5.92 Å². The number of rotatable bonds is 6. The lowest BCUT2D eigenvalue weighted by Crippen LogP contribution is -2.30. The van der Waals surface area contributed by atoms with E-state index in [0.717, 1.165) is 52.9 Å². The fourth-order valence-corrected chi connectivity index (χ4v) is 4.31. The van der Waals surface area contributed by atoms with Gasteiger partial charge in [-0.2, -0.15) is 0 Å². The van der Waals surface area contributed by atoms with Crippen LogP contribution >= 0.6 is 28.3 Å². The van der Waals surface area contributed by atoms with Gasteiger partial charge in [0.15, 0.2) is 0 Å². The largest absolute Gasteiger partial charge is 0.370 e. The van der Waals surface area contributed by atoms with Crippen molar-refractivity contribution < 1.29 is 4.79 Å². The second-order valence-electron chi connectivity index (χ2n) is 7.74. The van der Waals surface area contributed by atoms with Gasteiger partial charge in [-0.15, -0.1) is 12.4 Å². The second-order valence-corrected chi connectivity index (χ2v) is 8.59. The number of fused-ring (bicyclic) bond motifs is 1. The topological polar surface area (TPSA) is 85.9 Å². The Labute approximate surface area is 190 Å². The molecule has 30 heavy (non-hydrogen) atoms. The summed E-state index contributed by atoms with van der Waals surface area (Å²) >= 11 is 3.68. The van der Waals surface area contributed by atoms with Crippen LogP contribution in [0.15, 0.2) is 41.4 Å². The number of anilines is 2. The van der Waals surface area contributed by atoms with E-state index in [1.807, 2.05) is 6.20 Å². The van der Waals surface area contributed by atoms with Gasteiger partial charge in [-0.3, -0.25) is 9.78 Å². The molecule has 3 N–H and O–H groups in total. The average molecular weight is 494 g/mol. The fourth-order valence-electron chi connectivity index (χ4n) is 3.76. The number of aromatic amines is 1. The molecule has 0 aliphatic carbocycles. The SMILES string of the molecule is CC(C)NC[C@@H]1CCN(c2c(Br)cnc3[nH]cc(NC(=O)c4cccnc4)c23)C1.Cl. The lowest BCUT2D eigenvalue weighted by Gasteiger charge is -2.22. The fraction of sp³-hybridized carbons (Fsp3) is 0.381. The monoisotopic (exact) mass is 492 g/mol. The molecule has 1 amide bonds. The normalized spacial score (nSPS) is 16.1. The van der Waals surface area contributed by atoms with Crippen LogP contribution in [-0.2, 0) is 0 Å². The maximum Gasteiger partial charge on any atom is 0.257 e. The Kier molecular flexibility index (Phi) is 7.33. The van der Waals surface area contributed by atoms with Gasteiger partial charge in [-0.25, -0.2) is 4.98 Å². The van der Waals surface area contributed by atoms with Gasteiger partial charge in [0.2, 0.25) is 0 Å². The molecule has 7 nitrogen and oxygen atoms in total. The number of nitrogens with zero attached hydrogens (tertiary/aromatic N) is 3. The Balaban J connectivity index is 0.00000256. The van der Waals surface area contributed by atoms with Crippen molar-refractivity contribution in [1.29, 1.82) is 0 Å². The van der Waals surface area contributed by atoms with Crippen LogP contribution in [0.4, 0.5) is 11.4 Å². The van der Waals surface area contributed by atoms with Gasteiger partial charge < -0.3 is 20.5 Å². The molecule has 9 heteroatoms. The second kappa shape index (κ2) is 9.76. The number of carbonyl (C=O) groups excluding carboxylic acids is 1. The van der Waals surface area contributed by atoms with Gasteiger partial charge >= 0.3 is 0 Å². The van der Waals surface area contributed by atoms with Crippen molar-refractivity contribution in [1.82, 2.24) is 20.3 Å². The summed E-state index contributed by atoms with van der Waals surface area (Å²) in [5, 5.41) is 7.48. The summed E-state index contributed by atoms with van der Waals surface area (Å²) in [6, 6.07) is 3.99. The quantitative estimate of drug-likeness (QED) is 0.479. The minimum atomic E-state index is -0.189. The van der Waals surface area contributed by atoms with Crippen molar-refractivity contribution >= 4 is 56.7 Å². The lowest BCUT2D eigenvalue weighted by atomic mass is 10.1. The molecule has 0 spiro atoms. The third kappa shape index (κ3) is 4.77. The number of carbonyl (C=O) groups is 1. The van der Waals surface area contributed by atoms with E-state index in [0.29, 0.717) is 17.5 Å². The predicted molar refractivity (Wildman–Crippen MR) is 127 cm³/mol. The van der Waals surface area contributed by atoms with E-state index in [9.17, 15) is 4.79 Å². The van der Waals surface area contributed by atoms with Crippen LogP contribution in [0.1, 0.15) is 30.6 Å². The van der Waals surface area contributed by atoms with Crippen molar-refractivity contribution in [3.8, 4) is 0 Å². The summed E-state index contributed by atoms with van der Waals surface area (Å²) in [5.74, 6) is 0.408. The minimum absolute atomic E-state index is 0. The third-order valence-corrected chi connectivity index (χ3v) is 5.80. The van der Waals surface area contributed by atoms with Gasteiger partial charge in [-0.1, -0.05) is 13.8 Å². The number of halogens is 2. The maximum absolute atomic E-state index is 12.7. The van der Waals surface area contributed by atoms with E-state index in [1.54, 1.807) is 30.7 Å². The highest BCUT2D eigenvalue weighted by atomic mass is 79.9. The molecule has 0 radical (unpaired) electrons. The molecular weight excluding hydrogens is 468 g/mol. The Morgan fingerprint density at radius 3 is 2.97 bits per heavy atom. The predicted octanol–water partition coefficient (Wildman–Crippen LogP) is 4.22. The van der Waals surface area contributed by atoms with Crippen LogP contribution in [0.3, 0.4) is 0 Å². The van der Waals surface area contributed by atoms with E-state index >= 15 is 0 Å². The van der Waals surface area contributed by atoms with Crippen molar-refractivity contribution in [3.63, 3.8) is 0 Å². The molecule has 3 aromatic rings. The van der Waals surface area contributed by atoms with Crippen LogP contribution in [0.25, 0.3) is 11.0 Å². The van der Waals surface area contributed by atoms with E-state index in [2.05, 4.69) is 60.3 Å². The average Bonchev–Trinajstić information content (AvgIpc) is 3.34. The van der Waals surface area contributed by atoms with Crippen molar-refractivity contribution in [2.75, 3.05) is 29.9 Å². The van der Waals surface area contributed by atoms with E-state index in [1.165, 1.54) is 0 Å². The highest BCUT2D eigenvalue weighted by Gasteiger charge is 2.27. The van der Waals surface area contributed by atoms with Crippen LogP contribution in [-0.4, -0.2) is 46.5 Å². The molecule has 1 saturated heterocycles. The highest BCUT2D eigenvalue weighted by Crippen LogP contribution is 2.40. The summed E-state index contributed by atoms with van der Waals surface area (Å²) in [4.78, 5) is 26.7. The smallest absolute Gasteiger partial charge is 0.257 e. The first-order chi connectivity index (χ1) is 14.0. The van der Waals surface area contributed by atoms with Crippen LogP contribution in [0.2, 0.25) is 0 Å². The van der Waals surface area contributed by atoms with Crippen molar-refractivity contribution in [2.45, 2.75) is 26.3 Å². The zero-order valence-corrected chi connectivity index (χ0v) is 19.4. The molecule has 1 fully saturated rings. The molecule has 0 unspecified atom stereocenters. The standard InChI is InChI=1S/C21H25BrN6O.ClH/c1-13(2)24-8-14-5-7-28(12-14)19-16(22)10-25-20-18(19)17(11-26-20)27-21(29)15-4-3-6-23-9-15;/h3-4,6,9-11,13-14,24H,5,7-8,12H2,1-2H3,(H,25,26)(H,27,29);1H/t14-;/m0./s1. The highest BCUT2D eigenvalue weighted by molar-refractivity contribution is 9.10. The van der Waals surface area contributed by atoms with Gasteiger partial charge in [0.05, 0.1) is 26.8 Å². The zero-order valence-electron chi connectivity index (χ0n) is 17.0. The summed E-state index contributed by atoms with van der Waals surface area (Å²) in [5.41, 5.74) is 3.08. The number of pyridine rings is 2. The van der Waals surface area contributed by atoms with Gasteiger partial charge in [-0.05, 0) is 46.9 Å². The van der Waals surface area contributed by atoms with Crippen LogP contribution < -0.4 is 15.5 Å². The first-order valence-corrected chi connectivity index (χ1v) is 10.7. The van der Waals surface area contributed by atoms with Crippen LogP contribution in [0, 0.1) is 5.92 Å². The van der Waals surface area contributed by atoms with E-state index < -0.39 is 0 Å².